The van der Waals surface area contributed by atoms with Crippen molar-refractivity contribution in [2.24, 2.45) is 5.92 Å². The summed E-state index contributed by atoms with van der Waals surface area (Å²) >= 11 is 0. The number of pyridine rings is 1. The summed E-state index contributed by atoms with van der Waals surface area (Å²) in [5.74, 6) is -0.298. The molecule has 1 aromatic carbocycles. The standard InChI is InChI=1S/C23H31N3O5S/c1-15-6-8-18(9-7-15)19-10-20-22(24-11-19)31-21(13-25(4)32(5,29)30)16(2)12-26(23(20)28)17(3)14-27/h6-11,16-17,21,27H,12-14H2,1-5H3/t16-,17+,21+/m0/s1. The number of rotatable bonds is 6. The van der Waals surface area contributed by atoms with Crippen molar-refractivity contribution < 1.29 is 23.1 Å². The number of carbonyl (C=O) groups excluding carboxylic acids is 1. The van der Waals surface area contributed by atoms with Gasteiger partial charge in [0.25, 0.3) is 5.91 Å². The first kappa shape index (κ1) is 24.2. The Bertz CT molecular complexity index is 1070. The van der Waals surface area contributed by atoms with Gasteiger partial charge in [-0.2, -0.15) is 0 Å². The van der Waals surface area contributed by atoms with Crippen molar-refractivity contribution in [2.45, 2.75) is 32.9 Å². The number of hydrogen-bond acceptors (Lipinski definition) is 6. The number of aryl methyl sites for hydroxylation is 1. The fourth-order valence-corrected chi connectivity index (χ4v) is 4.03. The lowest BCUT2D eigenvalue weighted by Crippen LogP contribution is -2.50. The van der Waals surface area contributed by atoms with E-state index in [1.54, 1.807) is 24.1 Å². The molecule has 0 radical (unpaired) electrons. The zero-order valence-electron chi connectivity index (χ0n) is 19.1. The number of hydrogen-bond donors (Lipinski definition) is 1. The third-order valence-corrected chi connectivity index (χ3v) is 7.19. The summed E-state index contributed by atoms with van der Waals surface area (Å²) in [6.07, 6.45) is 2.28. The van der Waals surface area contributed by atoms with E-state index >= 15 is 0 Å². The zero-order valence-corrected chi connectivity index (χ0v) is 20.0. The van der Waals surface area contributed by atoms with E-state index in [9.17, 15) is 18.3 Å². The second-order valence-electron chi connectivity index (χ2n) is 8.61. The van der Waals surface area contributed by atoms with Crippen LogP contribution in [0.2, 0.25) is 0 Å². The lowest BCUT2D eigenvalue weighted by Gasteiger charge is -2.37. The number of ether oxygens (including phenoxy) is 1. The molecule has 0 saturated heterocycles. The van der Waals surface area contributed by atoms with Gasteiger partial charge in [0.15, 0.2) is 0 Å². The largest absolute Gasteiger partial charge is 0.472 e. The number of benzene rings is 1. The molecule has 1 amide bonds. The molecule has 32 heavy (non-hydrogen) atoms. The fourth-order valence-electron chi connectivity index (χ4n) is 3.61. The van der Waals surface area contributed by atoms with E-state index in [0.717, 1.165) is 22.9 Å². The van der Waals surface area contributed by atoms with Crippen LogP contribution in [-0.4, -0.2) is 78.8 Å². The van der Waals surface area contributed by atoms with Crippen molar-refractivity contribution in [2.75, 3.05) is 33.0 Å². The van der Waals surface area contributed by atoms with Gasteiger partial charge < -0.3 is 14.7 Å². The lowest BCUT2D eigenvalue weighted by molar-refractivity contribution is 0.0374. The summed E-state index contributed by atoms with van der Waals surface area (Å²) in [4.78, 5) is 19.5. The van der Waals surface area contributed by atoms with Gasteiger partial charge in [0.1, 0.15) is 11.7 Å². The van der Waals surface area contributed by atoms with Crippen molar-refractivity contribution in [1.29, 1.82) is 0 Å². The monoisotopic (exact) mass is 461 g/mol. The summed E-state index contributed by atoms with van der Waals surface area (Å²) in [7, 11) is -1.90. The second kappa shape index (κ2) is 9.56. The topological polar surface area (TPSA) is 100 Å². The molecule has 0 unspecified atom stereocenters. The Kier molecular flexibility index (Phi) is 7.22. The smallest absolute Gasteiger partial charge is 0.259 e. The van der Waals surface area contributed by atoms with Crippen molar-refractivity contribution in [3.63, 3.8) is 0 Å². The average molecular weight is 462 g/mol. The maximum atomic E-state index is 13.4. The number of likely N-dealkylation sites (N-methyl/N-ethyl adjacent to an activating group) is 1. The Morgan fingerprint density at radius 3 is 2.53 bits per heavy atom. The molecule has 1 aromatic heterocycles. The molecule has 0 spiro atoms. The summed E-state index contributed by atoms with van der Waals surface area (Å²) in [5, 5.41) is 9.75. The Morgan fingerprint density at radius 2 is 1.94 bits per heavy atom. The van der Waals surface area contributed by atoms with Crippen molar-refractivity contribution in [1.82, 2.24) is 14.2 Å². The molecule has 0 saturated carbocycles. The first-order chi connectivity index (χ1) is 15.0. The zero-order chi connectivity index (χ0) is 23.6. The Labute approximate surface area is 189 Å². The van der Waals surface area contributed by atoms with Crippen LogP contribution in [0.4, 0.5) is 0 Å². The highest BCUT2D eigenvalue weighted by Gasteiger charge is 2.35. The highest BCUT2D eigenvalue weighted by Crippen LogP contribution is 2.30. The van der Waals surface area contributed by atoms with Gasteiger partial charge in [0.05, 0.1) is 25.4 Å². The van der Waals surface area contributed by atoms with E-state index in [0.29, 0.717) is 12.1 Å². The van der Waals surface area contributed by atoms with Gasteiger partial charge in [0.2, 0.25) is 15.9 Å². The van der Waals surface area contributed by atoms with E-state index in [1.165, 1.54) is 11.4 Å². The van der Waals surface area contributed by atoms with E-state index in [-0.39, 0.29) is 30.9 Å². The van der Waals surface area contributed by atoms with Crippen LogP contribution in [0.3, 0.4) is 0 Å². The fraction of sp³-hybridized carbons (Fsp3) is 0.478. The maximum Gasteiger partial charge on any atom is 0.259 e. The van der Waals surface area contributed by atoms with Crippen molar-refractivity contribution in [3.05, 3.63) is 47.7 Å². The number of sulfonamides is 1. The maximum absolute atomic E-state index is 13.4. The van der Waals surface area contributed by atoms with Gasteiger partial charge in [0, 0.05) is 31.3 Å². The van der Waals surface area contributed by atoms with Crippen LogP contribution in [0.5, 0.6) is 5.88 Å². The van der Waals surface area contributed by atoms with Gasteiger partial charge in [-0.05, 0) is 25.5 Å². The van der Waals surface area contributed by atoms with Gasteiger partial charge in [-0.3, -0.25) is 4.79 Å². The van der Waals surface area contributed by atoms with Gasteiger partial charge in [-0.1, -0.05) is 36.8 Å². The Balaban J connectivity index is 2.06. The normalized spacial score (nSPS) is 20.3. The molecular formula is C23H31N3O5S. The minimum atomic E-state index is -3.40. The summed E-state index contributed by atoms with van der Waals surface area (Å²) in [5.41, 5.74) is 3.12. The number of fused-ring (bicyclic) bond motifs is 1. The molecule has 2 heterocycles. The number of aliphatic hydroxyl groups is 1. The number of carbonyl (C=O) groups is 1. The Morgan fingerprint density at radius 1 is 1.28 bits per heavy atom. The van der Waals surface area contributed by atoms with Crippen LogP contribution in [0.15, 0.2) is 36.5 Å². The number of aliphatic hydroxyl groups excluding tert-OH is 1. The van der Waals surface area contributed by atoms with Crippen LogP contribution >= 0.6 is 0 Å². The first-order valence-electron chi connectivity index (χ1n) is 10.6. The van der Waals surface area contributed by atoms with Crippen molar-refractivity contribution in [3.8, 4) is 17.0 Å². The van der Waals surface area contributed by atoms with Crippen LogP contribution in [-0.2, 0) is 10.0 Å². The number of aromatic nitrogens is 1. The third kappa shape index (κ3) is 5.28. The van der Waals surface area contributed by atoms with Gasteiger partial charge in [-0.15, -0.1) is 0 Å². The molecule has 174 valence electrons. The third-order valence-electron chi connectivity index (χ3n) is 5.91. The molecule has 0 bridgehead atoms. The van der Waals surface area contributed by atoms with E-state index in [1.807, 2.05) is 38.1 Å². The molecule has 3 atom stereocenters. The summed E-state index contributed by atoms with van der Waals surface area (Å²) in [6, 6.07) is 9.25. The molecule has 8 nitrogen and oxygen atoms in total. The predicted molar refractivity (Wildman–Crippen MR) is 123 cm³/mol. The molecule has 9 heteroatoms. The van der Waals surface area contributed by atoms with Crippen molar-refractivity contribution >= 4 is 15.9 Å². The van der Waals surface area contributed by atoms with E-state index in [4.69, 9.17) is 4.74 Å². The lowest BCUT2D eigenvalue weighted by atomic mass is 9.99. The predicted octanol–water partition coefficient (Wildman–Crippen LogP) is 2.17. The molecule has 2 aromatic rings. The SMILES string of the molecule is Cc1ccc(-c2cnc3c(c2)C(=O)N([C@H](C)CO)C[C@H](C)[C@@H](CN(C)S(C)(=O)=O)O3)cc1. The molecule has 0 fully saturated rings. The molecule has 0 aliphatic carbocycles. The van der Waals surface area contributed by atoms with Crippen LogP contribution in [0.25, 0.3) is 11.1 Å². The molecular weight excluding hydrogens is 430 g/mol. The van der Waals surface area contributed by atoms with Crippen LogP contribution in [0, 0.1) is 12.8 Å². The van der Waals surface area contributed by atoms with E-state index in [2.05, 4.69) is 4.98 Å². The molecule has 3 rings (SSSR count). The average Bonchev–Trinajstić information content (AvgIpc) is 2.75. The molecule has 1 aliphatic heterocycles. The van der Waals surface area contributed by atoms with Crippen LogP contribution < -0.4 is 4.74 Å². The highest BCUT2D eigenvalue weighted by molar-refractivity contribution is 7.88. The molecule has 1 N–H and O–H groups in total. The Hall–Kier alpha value is -2.49. The highest BCUT2D eigenvalue weighted by atomic mass is 32.2. The van der Waals surface area contributed by atoms with Gasteiger partial charge in [-0.25, -0.2) is 17.7 Å². The van der Waals surface area contributed by atoms with Gasteiger partial charge >= 0.3 is 0 Å². The number of amides is 1. The molecule has 1 aliphatic rings. The van der Waals surface area contributed by atoms with Crippen LogP contribution in [0.1, 0.15) is 29.8 Å². The minimum Gasteiger partial charge on any atom is -0.472 e. The first-order valence-corrected chi connectivity index (χ1v) is 12.4. The number of nitrogens with zero attached hydrogens (tertiary/aromatic N) is 3. The minimum absolute atomic E-state index is 0.121. The summed E-state index contributed by atoms with van der Waals surface area (Å²) < 4.78 is 31.3. The second-order valence-corrected chi connectivity index (χ2v) is 10.7. The quantitative estimate of drug-likeness (QED) is 0.708. The van der Waals surface area contributed by atoms with E-state index < -0.39 is 22.2 Å². The summed E-state index contributed by atoms with van der Waals surface area (Å²) in [6.45, 7) is 5.93.